The summed E-state index contributed by atoms with van der Waals surface area (Å²) in [6, 6.07) is 14.9. The fraction of sp³-hybridized carbons (Fsp3) is 0.300. The molecule has 2 aromatic carbocycles. The largest absolute Gasteiger partial charge is 0.489 e. The number of morpholine rings is 1. The normalized spacial score (nSPS) is 18.2. The van der Waals surface area contributed by atoms with Gasteiger partial charge in [0, 0.05) is 30.8 Å². The van der Waals surface area contributed by atoms with Gasteiger partial charge in [-0.2, -0.15) is 0 Å². The summed E-state index contributed by atoms with van der Waals surface area (Å²) in [6.45, 7) is 4.57. The fourth-order valence-electron chi connectivity index (χ4n) is 3.38. The summed E-state index contributed by atoms with van der Waals surface area (Å²) in [6.07, 6.45) is 0. The van der Waals surface area contributed by atoms with Crippen LogP contribution in [-0.4, -0.2) is 44.4 Å². The molecule has 2 aliphatic heterocycles. The van der Waals surface area contributed by atoms with Crippen molar-refractivity contribution in [2.75, 3.05) is 39.5 Å². The van der Waals surface area contributed by atoms with Crippen molar-refractivity contribution in [3.63, 3.8) is 0 Å². The lowest BCUT2D eigenvalue weighted by Crippen LogP contribution is -2.38. The summed E-state index contributed by atoms with van der Waals surface area (Å²) in [7, 11) is 0. The Balaban J connectivity index is 1.80. The van der Waals surface area contributed by atoms with Gasteiger partial charge in [0.2, 0.25) is 0 Å². The van der Waals surface area contributed by atoms with Gasteiger partial charge >= 0.3 is 0 Å². The third kappa shape index (κ3) is 2.95. The van der Waals surface area contributed by atoms with E-state index >= 15 is 0 Å². The Morgan fingerprint density at radius 1 is 0.917 bits per heavy atom. The Morgan fingerprint density at radius 3 is 2.42 bits per heavy atom. The maximum atomic E-state index is 14.5. The van der Waals surface area contributed by atoms with Gasteiger partial charge in [-0.15, -0.1) is 0 Å². The van der Waals surface area contributed by atoms with Crippen LogP contribution < -0.4 is 4.74 Å². The number of nitrogens with zero attached hydrogens (tertiary/aromatic N) is 1. The smallest absolute Gasteiger partial charge is 0.131 e. The zero-order valence-corrected chi connectivity index (χ0v) is 13.5. The predicted octanol–water partition coefficient (Wildman–Crippen LogP) is 3.35. The molecule has 0 spiro atoms. The van der Waals surface area contributed by atoms with Crippen molar-refractivity contribution < 1.29 is 13.9 Å². The van der Waals surface area contributed by atoms with Crippen molar-refractivity contribution in [2.24, 2.45) is 0 Å². The number of rotatable bonds is 3. The van der Waals surface area contributed by atoms with Gasteiger partial charge in [-0.25, -0.2) is 4.39 Å². The van der Waals surface area contributed by atoms with Gasteiger partial charge in [0.15, 0.2) is 0 Å². The van der Waals surface area contributed by atoms with Gasteiger partial charge in [0.1, 0.15) is 18.2 Å². The quantitative estimate of drug-likeness (QED) is 0.864. The highest BCUT2D eigenvalue weighted by atomic mass is 19.1. The molecule has 2 aromatic rings. The van der Waals surface area contributed by atoms with Crippen LogP contribution >= 0.6 is 0 Å². The molecule has 4 rings (SSSR count). The van der Waals surface area contributed by atoms with Gasteiger partial charge in [0.05, 0.1) is 13.2 Å². The molecule has 2 heterocycles. The van der Waals surface area contributed by atoms with E-state index in [4.69, 9.17) is 9.47 Å². The van der Waals surface area contributed by atoms with Crippen LogP contribution in [0.2, 0.25) is 0 Å². The number of ether oxygens (including phenoxy) is 2. The molecule has 1 fully saturated rings. The van der Waals surface area contributed by atoms with Crippen LogP contribution in [0.3, 0.4) is 0 Å². The number of fused-ring (bicyclic) bond motifs is 1. The standard InChI is InChI=1S/C20H20FNO2/c21-18-7-3-1-5-16(18)20-15(13-22-9-11-23-12-10-22)14-24-19-8-4-2-6-17(19)20/h1-8H,9-14H2. The third-order valence-corrected chi connectivity index (χ3v) is 4.57. The zero-order chi connectivity index (χ0) is 16.4. The fourth-order valence-corrected chi connectivity index (χ4v) is 3.38. The second kappa shape index (κ2) is 6.75. The summed E-state index contributed by atoms with van der Waals surface area (Å²) in [4.78, 5) is 2.34. The highest BCUT2D eigenvalue weighted by Crippen LogP contribution is 2.38. The number of halogens is 1. The molecule has 0 unspecified atom stereocenters. The molecule has 24 heavy (non-hydrogen) atoms. The summed E-state index contributed by atoms with van der Waals surface area (Å²) < 4.78 is 25.9. The molecular weight excluding hydrogens is 305 g/mol. The molecule has 0 amide bonds. The molecule has 0 saturated carbocycles. The Morgan fingerprint density at radius 2 is 1.62 bits per heavy atom. The van der Waals surface area contributed by atoms with Crippen molar-refractivity contribution in [1.82, 2.24) is 4.90 Å². The number of hydrogen-bond donors (Lipinski definition) is 0. The highest BCUT2D eigenvalue weighted by Gasteiger charge is 2.25. The van der Waals surface area contributed by atoms with Crippen molar-refractivity contribution in [2.45, 2.75) is 0 Å². The van der Waals surface area contributed by atoms with Crippen molar-refractivity contribution >= 4 is 5.57 Å². The zero-order valence-electron chi connectivity index (χ0n) is 13.5. The minimum absolute atomic E-state index is 0.191. The van der Waals surface area contributed by atoms with Crippen LogP contribution in [-0.2, 0) is 4.74 Å². The van der Waals surface area contributed by atoms with Crippen LogP contribution in [0.25, 0.3) is 5.57 Å². The summed E-state index contributed by atoms with van der Waals surface area (Å²) >= 11 is 0. The van der Waals surface area contributed by atoms with Crippen LogP contribution in [0.15, 0.2) is 54.1 Å². The Bertz CT molecular complexity index is 766. The van der Waals surface area contributed by atoms with E-state index in [1.165, 1.54) is 6.07 Å². The lowest BCUT2D eigenvalue weighted by Gasteiger charge is -2.31. The Hall–Kier alpha value is -2.17. The van der Waals surface area contributed by atoms with E-state index in [9.17, 15) is 4.39 Å². The molecule has 2 aliphatic rings. The van der Waals surface area contributed by atoms with Gasteiger partial charge < -0.3 is 9.47 Å². The number of benzene rings is 2. The van der Waals surface area contributed by atoms with Crippen LogP contribution in [0.5, 0.6) is 5.75 Å². The van der Waals surface area contributed by atoms with Crippen LogP contribution in [0.4, 0.5) is 4.39 Å². The van der Waals surface area contributed by atoms with Gasteiger partial charge in [-0.1, -0.05) is 36.4 Å². The predicted molar refractivity (Wildman–Crippen MR) is 91.6 cm³/mol. The minimum Gasteiger partial charge on any atom is -0.489 e. The second-order valence-corrected chi connectivity index (χ2v) is 6.13. The van der Waals surface area contributed by atoms with Crippen LogP contribution in [0.1, 0.15) is 11.1 Å². The molecule has 0 N–H and O–H groups in total. The van der Waals surface area contributed by atoms with Crippen molar-refractivity contribution in [1.29, 1.82) is 0 Å². The summed E-state index contributed by atoms with van der Waals surface area (Å²) in [5.74, 6) is 0.630. The van der Waals surface area contributed by atoms with E-state index in [-0.39, 0.29) is 5.82 Å². The minimum atomic E-state index is -0.191. The number of para-hydroxylation sites is 1. The van der Waals surface area contributed by atoms with Crippen molar-refractivity contribution in [3.8, 4) is 5.75 Å². The first kappa shape index (κ1) is 15.4. The Labute approximate surface area is 141 Å². The van der Waals surface area contributed by atoms with E-state index in [0.717, 1.165) is 55.3 Å². The van der Waals surface area contributed by atoms with Crippen molar-refractivity contribution in [3.05, 3.63) is 71.0 Å². The monoisotopic (exact) mass is 325 g/mol. The average molecular weight is 325 g/mol. The first-order valence-electron chi connectivity index (χ1n) is 8.32. The third-order valence-electron chi connectivity index (χ3n) is 4.57. The highest BCUT2D eigenvalue weighted by molar-refractivity contribution is 5.86. The first-order valence-corrected chi connectivity index (χ1v) is 8.32. The van der Waals surface area contributed by atoms with E-state index in [1.807, 2.05) is 36.4 Å². The molecule has 4 heteroatoms. The lowest BCUT2D eigenvalue weighted by atomic mass is 9.90. The molecule has 0 atom stereocenters. The summed E-state index contributed by atoms with van der Waals surface area (Å²) in [5.41, 5.74) is 3.72. The molecule has 0 aliphatic carbocycles. The summed E-state index contributed by atoms with van der Waals surface area (Å²) in [5, 5.41) is 0. The number of hydrogen-bond acceptors (Lipinski definition) is 3. The molecular formula is C20H20FNO2. The average Bonchev–Trinajstić information content (AvgIpc) is 2.63. The van der Waals surface area contributed by atoms with Gasteiger partial charge in [0.25, 0.3) is 0 Å². The SMILES string of the molecule is Fc1ccccc1C1=C(CN2CCOCC2)COc2ccccc21. The molecule has 3 nitrogen and oxygen atoms in total. The second-order valence-electron chi connectivity index (χ2n) is 6.13. The van der Waals surface area contributed by atoms with E-state index < -0.39 is 0 Å². The van der Waals surface area contributed by atoms with Gasteiger partial charge in [-0.05, 0) is 23.3 Å². The first-order chi connectivity index (χ1) is 11.8. The topological polar surface area (TPSA) is 21.7 Å². The molecule has 0 aromatic heterocycles. The lowest BCUT2D eigenvalue weighted by molar-refractivity contribution is 0.0413. The maximum Gasteiger partial charge on any atom is 0.131 e. The Kier molecular flexibility index (Phi) is 4.32. The maximum absolute atomic E-state index is 14.5. The van der Waals surface area contributed by atoms with E-state index in [0.29, 0.717) is 12.2 Å². The van der Waals surface area contributed by atoms with E-state index in [1.54, 1.807) is 6.07 Å². The molecule has 1 saturated heterocycles. The molecule has 124 valence electrons. The van der Waals surface area contributed by atoms with E-state index in [2.05, 4.69) is 4.90 Å². The molecule has 0 radical (unpaired) electrons. The molecule has 0 bridgehead atoms. The van der Waals surface area contributed by atoms with Gasteiger partial charge in [-0.3, -0.25) is 4.90 Å². The van der Waals surface area contributed by atoms with Crippen LogP contribution in [0, 0.1) is 5.82 Å².